The Kier molecular flexibility index (Phi) is 6.17. The van der Waals surface area contributed by atoms with Crippen molar-refractivity contribution in [2.75, 3.05) is 0 Å². The van der Waals surface area contributed by atoms with Crippen LogP contribution in [0.5, 0.6) is 0 Å². The molecular formula is C22H10F12. The van der Waals surface area contributed by atoms with Crippen LogP contribution < -0.4 is 0 Å². The van der Waals surface area contributed by atoms with Crippen molar-refractivity contribution in [3.63, 3.8) is 0 Å². The van der Waals surface area contributed by atoms with E-state index in [0.29, 0.717) is 24.3 Å². The van der Waals surface area contributed by atoms with E-state index in [4.69, 9.17) is 0 Å². The molecule has 34 heavy (non-hydrogen) atoms. The van der Waals surface area contributed by atoms with Crippen molar-refractivity contribution in [2.45, 2.75) is 24.7 Å². The third kappa shape index (κ3) is 5.48. The minimum atomic E-state index is -5.23. The summed E-state index contributed by atoms with van der Waals surface area (Å²) in [5.41, 5.74) is -8.49. The molecule has 0 fully saturated rings. The van der Waals surface area contributed by atoms with E-state index in [1.54, 1.807) is 0 Å². The van der Waals surface area contributed by atoms with E-state index in [1.807, 2.05) is 0 Å². The van der Waals surface area contributed by atoms with E-state index in [1.165, 1.54) is 0 Å². The molecule has 0 nitrogen and oxygen atoms in total. The molecule has 0 saturated heterocycles. The Labute approximate surface area is 183 Å². The second-order valence-corrected chi connectivity index (χ2v) is 7.13. The summed E-state index contributed by atoms with van der Waals surface area (Å²) in [6.45, 7) is 0. The van der Waals surface area contributed by atoms with Gasteiger partial charge in [-0.2, -0.15) is 52.7 Å². The van der Waals surface area contributed by atoms with Crippen LogP contribution in [-0.2, 0) is 24.7 Å². The molecule has 0 atom stereocenters. The van der Waals surface area contributed by atoms with Gasteiger partial charge in [0.25, 0.3) is 0 Å². The summed E-state index contributed by atoms with van der Waals surface area (Å²) in [6.07, 6.45) is -20.6. The van der Waals surface area contributed by atoms with Gasteiger partial charge in [0.2, 0.25) is 0 Å². The molecule has 0 saturated carbocycles. The first-order chi connectivity index (χ1) is 15.4. The van der Waals surface area contributed by atoms with Gasteiger partial charge in [0.1, 0.15) is 0 Å². The van der Waals surface area contributed by atoms with Crippen LogP contribution in [-0.4, -0.2) is 0 Å². The lowest BCUT2D eigenvalue weighted by Crippen LogP contribution is -2.12. The Morgan fingerprint density at radius 1 is 0.382 bits per heavy atom. The van der Waals surface area contributed by atoms with Gasteiger partial charge in [0, 0.05) is 0 Å². The molecule has 0 spiro atoms. The first kappa shape index (κ1) is 25.4. The Balaban J connectivity index is 2.21. The Morgan fingerprint density at radius 3 is 1.35 bits per heavy atom. The molecule has 12 heteroatoms. The number of hydrogen-bond acceptors (Lipinski definition) is 0. The number of hydrogen-bond donors (Lipinski definition) is 0. The SMILES string of the molecule is FC(F)(F)c1cc(-c2cccc(-c3ccc(C(F)(F)F)cc3C(F)(F)F)c2)cc(C(F)(F)F)c1. The van der Waals surface area contributed by atoms with Crippen LogP contribution in [0.2, 0.25) is 0 Å². The zero-order valence-corrected chi connectivity index (χ0v) is 16.3. The van der Waals surface area contributed by atoms with Gasteiger partial charge >= 0.3 is 24.7 Å². The number of benzene rings is 3. The third-order valence-corrected chi connectivity index (χ3v) is 4.75. The van der Waals surface area contributed by atoms with E-state index >= 15 is 0 Å². The maximum atomic E-state index is 13.5. The van der Waals surface area contributed by atoms with E-state index in [0.717, 1.165) is 24.3 Å². The molecule has 182 valence electrons. The largest absolute Gasteiger partial charge is 0.417 e. The summed E-state index contributed by atoms with van der Waals surface area (Å²) in [5, 5.41) is 0. The van der Waals surface area contributed by atoms with Crippen LogP contribution in [0.15, 0.2) is 60.7 Å². The molecule has 3 rings (SSSR count). The number of alkyl halides is 12. The maximum Gasteiger partial charge on any atom is 0.417 e. The monoisotopic (exact) mass is 502 g/mol. The first-order valence-electron chi connectivity index (χ1n) is 9.06. The van der Waals surface area contributed by atoms with Crippen molar-refractivity contribution in [3.8, 4) is 22.3 Å². The maximum absolute atomic E-state index is 13.5. The molecule has 0 radical (unpaired) electrons. The molecule has 0 unspecified atom stereocenters. The second-order valence-electron chi connectivity index (χ2n) is 7.13. The highest BCUT2D eigenvalue weighted by atomic mass is 19.4. The highest BCUT2D eigenvalue weighted by molar-refractivity contribution is 5.76. The van der Waals surface area contributed by atoms with Crippen LogP contribution in [0.1, 0.15) is 22.3 Å². The van der Waals surface area contributed by atoms with E-state index in [9.17, 15) is 52.7 Å². The molecule has 0 N–H and O–H groups in total. The molecule has 0 aromatic heterocycles. The van der Waals surface area contributed by atoms with E-state index < -0.39 is 58.1 Å². The zero-order valence-electron chi connectivity index (χ0n) is 16.3. The van der Waals surface area contributed by atoms with Gasteiger partial charge in [-0.05, 0) is 58.7 Å². The number of halogens is 12. The molecule has 0 aliphatic rings. The fourth-order valence-corrected chi connectivity index (χ4v) is 3.19. The molecule has 0 aliphatic heterocycles. The lowest BCUT2D eigenvalue weighted by molar-refractivity contribution is -0.144. The van der Waals surface area contributed by atoms with Gasteiger partial charge in [0.05, 0.1) is 22.3 Å². The van der Waals surface area contributed by atoms with E-state index in [-0.39, 0.29) is 23.3 Å². The average molecular weight is 502 g/mol. The normalized spacial score (nSPS) is 13.3. The smallest absolute Gasteiger partial charge is 0.166 e. The predicted molar refractivity (Wildman–Crippen MR) is 97.3 cm³/mol. The quantitative estimate of drug-likeness (QED) is 0.307. The summed E-state index contributed by atoms with van der Waals surface area (Å²) in [6, 6.07) is 5.54. The van der Waals surface area contributed by atoms with Gasteiger partial charge in [-0.15, -0.1) is 0 Å². The lowest BCUT2D eigenvalue weighted by Gasteiger charge is -2.17. The summed E-state index contributed by atoms with van der Waals surface area (Å²) < 4.78 is 158. The highest BCUT2D eigenvalue weighted by Crippen LogP contribution is 2.43. The van der Waals surface area contributed by atoms with Crippen LogP contribution in [0, 0.1) is 0 Å². The van der Waals surface area contributed by atoms with Crippen molar-refractivity contribution in [3.05, 3.63) is 82.9 Å². The van der Waals surface area contributed by atoms with Crippen molar-refractivity contribution < 1.29 is 52.7 Å². The molecule has 0 amide bonds. The summed E-state index contributed by atoms with van der Waals surface area (Å²) in [4.78, 5) is 0. The molecule has 0 aliphatic carbocycles. The predicted octanol–water partition coefficient (Wildman–Crippen LogP) is 9.10. The second kappa shape index (κ2) is 8.24. The van der Waals surface area contributed by atoms with Crippen LogP contribution in [0.3, 0.4) is 0 Å². The van der Waals surface area contributed by atoms with Crippen molar-refractivity contribution in [2.24, 2.45) is 0 Å². The standard InChI is InChI=1S/C22H10F12/c23-19(24,25)14-4-5-17(18(10-14)22(32,33)34)12-3-1-2-11(6-12)13-7-15(20(26,27)28)9-16(8-13)21(29,30)31/h1-10H. The third-order valence-electron chi connectivity index (χ3n) is 4.75. The van der Waals surface area contributed by atoms with Gasteiger partial charge in [-0.25, -0.2) is 0 Å². The minimum absolute atomic E-state index is 0.106. The average Bonchev–Trinajstić information content (AvgIpc) is 2.70. The summed E-state index contributed by atoms with van der Waals surface area (Å²) in [5.74, 6) is 0. The van der Waals surface area contributed by atoms with Gasteiger partial charge in [0.15, 0.2) is 0 Å². The van der Waals surface area contributed by atoms with Crippen LogP contribution in [0.4, 0.5) is 52.7 Å². The topological polar surface area (TPSA) is 0 Å². The summed E-state index contributed by atoms with van der Waals surface area (Å²) >= 11 is 0. The molecule has 0 heterocycles. The van der Waals surface area contributed by atoms with Crippen LogP contribution >= 0.6 is 0 Å². The molecule has 3 aromatic carbocycles. The Morgan fingerprint density at radius 2 is 0.882 bits per heavy atom. The zero-order chi connectivity index (χ0) is 25.7. The molecule has 0 bridgehead atoms. The van der Waals surface area contributed by atoms with Crippen LogP contribution in [0.25, 0.3) is 22.3 Å². The van der Waals surface area contributed by atoms with Gasteiger partial charge in [-0.3, -0.25) is 0 Å². The Bertz CT molecular complexity index is 1160. The van der Waals surface area contributed by atoms with Gasteiger partial charge in [-0.1, -0.05) is 24.3 Å². The van der Waals surface area contributed by atoms with E-state index in [2.05, 4.69) is 0 Å². The fraction of sp³-hybridized carbons (Fsp3) is 0.182. The van der Waals surface area contributed by atoms with Crippen molar-refractivity contribution in [1.82, 2.24) is 0 Å². The Hall–Kier alpha value is -3.18. The van der Waals surface area contributed by atoms with Crippen molar-refractivity contribution in [1.29, 1.82) is 0 Å². The van der Waals surface area contributed by atoms with Crippen molar-refractivity contribution >= 4 is 0 Å². The molecular weight excluding hydrogens is 492 g/mol. The minimum Gasteiger partial charge on any atom is -0.166 e. The lowest BCUT2D eigenvalue weighted by atomic mass is 9.93. The highest BCUT2D eigenvalue weighted by Gasteiger charge is 2.39. The number of rotatable bonds is 2. The first-order valence-corrected chi connectivity index (χ1v) is 9.06. The molecule has 3 aromatic rings. The van der Waals surface area contributed by atoms with Gasteiger partial charge < -0.3 is 0 Å². The fourth-order valence-electron chi connectivity index (χ4n) is 3.19. The summed E-state index contributed by atoms with van der Waals surface area (Å²) in [7, 11) is 0.